The number of aromatic nitrogens is 18. The van der Waals surface area contributed by atoms with E-state index in [4.69, 9.17) is 59.8 Å². The number of H-pyrrole nitrogens is 1. The largest absolute Gasteiger partial charge is 1.00 e. The Bertz CT molecular complexity index is 5400. The van der Waals surface area contributed by atoms with Crippen LogP contribution in [0.1, 0.15) is 105 Å². The molecule has 6 N–H and O–H groups in total. The van der Waals surface area contributed by atoms with E-state index in [-0.39, 0.29) is 81.6 Å². The minimum atomic E-state index is -1.67. The Balaban J connectivity index is 0.000000254. The van der Waals surface area contributed by atoms with E-state index in [1.807, 2.05) is 187 Å². The Hall–Kier alpha value is -12.2. The summed E-state index contributed by atoms with van der Waals surface area (Å²) in [4.78, 5) is 66.5. The molecule has 0 bridgehead atoms. The number of carboxylic acids is 1. The molecule has 9 aromatic heterocycles. The number of carbonyl (C=O) groups excluding carboxylic acids is 4. The molecule has 0 fully saturated rings. The summed E-state index contributed by atoms with van der Waals surface area (Å²) in [5.74, 6) is 1.13. The van der Waals surface area contributed by atoms with Gasteiger partial charge in [0, 0.05) is 61.8 Å². The van der Waals surface area contributed by atoms with Gasteiger partial charge in [0.15, 0.2) is 11.6 Å². The second-order valence-electron chi connectivity index (χ2n) is 23.8. The normalized spacial score (nSPS) is 10.1. The summed E-state index contributed by atoms with van der Waals surface area (Å²) < 4.78 is 55.2. The summed E-state index contributed by atoms with van der Waals surface area (Å²) >= 11 is 7.70. The van der Waals surface area contributed by atoms with Gasteiger partial charge in [-0.2, -0.15) is 5.10 Å². The molecule has 0 saturated heterocycles. The fourth-order valence-electron chi connectivity index (χ4n) is 9.87. The average Bonchev–Trinajstić information content (AvgIpc) is 1.58. The molecule has 624 valence electrons. The Labute approximate surface area is 741 Å². The van der Waals surface area contributed by atoms with Crippen LogP contribution >= 0.6 is 55.6 Å². The Morgan fingerprint density at radius 2 is 0.867 bits per heavy atom. The van der Waals surface area contributed by atoms with Gasteiger partial charge in [-0.25, -0.2) is 52.4 Å². The number of pyridine rings is 2. The van der Waals surface area contributed by atoms with E-state index in [1.165, 1.54) is 56.2 Å². The van der Waals surface area contributed by atoms with Crippen LogP contribution < -0.4 is 64.3 Å². The van der Waals surface area contributed by atoms with E-state index in [9.17, 15) is 24.0 Å². The molecule has 14 aromatic rings. The summed E-state index contributed by atoms with van der Waals surface area (Å²) in [6.45, 7) is 12.4. The third kappa shape index (κ3) is 29.7. The fourth-order valence-corrected chi connectivity index (χ4v) is 10.4. The molecule has 0 saturated carbocycles. The van der Waals surface area contributed by atoms with E-state index in [2.05, 4.69) is 136 Å². The van der Waals surface area contributed by atoms with Gasteiger partial charge in [-0.05, 0) is 161 Å². The van der Waals surface area contributed by atoms with Crippen LogP contribution in [0.4, 0.5) is 11.6 Å². The first kappa shape index (κ1) is 98.4. The molecule has 0 unspecified atom stereocenters. The number of halogens is 4. The number of anilines is 2. The number of aromatic amines is 1. The standard InChI is InChI=1S/C21H21N7O2.C13H14N2O3.C11H9ClN2O2.C11H10N2O3.C10H13N5.C7H10N2O3.C6H5I.Cl2OS.Na.H2O/c1-14(2)27-13-22-25-19(27)17-10-7-11-18(23-17)24-20(29)16-12-28(26-21(16)30-3)15-8-5-4-6-9-15;1-3-18-13(16)11-9-15(14-12(11)17-2)10-7-5-4-6-8-10;1-16-11-9(10(12)15)7-14(13-11)8-5-3-2-4-6-8;1-16-10-9(11(14)15)7-13(12-10)8-5-3-2-4-6-8;1-7(2)15-6-12-14-10(15)8-4-3-5-9(11)13-8;1-3-12-7(10)5-4-8-9-6(5)11-2;7-6-4-2-1-3-5-6;1-4(2)3;;/h4-14H,1-3H3,(H,23,24,29);4-9H,3H2,1-2H3;2-7H,1H3;2-7H,1H3,(H,14,15);3-7H,1-2H3,(H2,11,13);4H,3H2,1-2H3,(H,8,9);1-5H;;;1H2/q;;;;;;;;+1;/p-1. The molecule has 120 heavy (non-hydrogen) atoms. The summed E-state index contributed by atoms with van der Waals surface area (Å²) in [5.41, 5.74) is 11.5. The number of nitrogen functional groups attached to an aromatic ring is 1. The molecule has 0 spiro atoms. The molecule has 0 aliphatic rings. The van der Waals surface area contributed by atoms with Gasteiger partial charge in [0.1, 0.15) is 63.5 Å². The molecule has 41 heteroatoms. The fraction of sp³-hybridized carbons (Fsp3) is 0.190. The number of nitrogens with one attached hydrogen (secondary N) is 2. The minimum Gasteiger partial charge on any atom is -0.870 e. The number of hydrogen-bond acceptors (Lipinski definition) is 26. The van der Waals surface area contributed by atoms with E-state index >= 15 is 0 Å². The van der Waals surface area contributed by atoms with Crippen LogP contribution in [0.5, 0.6) is 29.4 Å². The Kier molecular flexibility index (Phi) is 42.0. The summed E-state index contributed by atoms with van der Waals surface area (Å²) in [6.07, 6.45) is 10.9. The predicted octanol–water partition coefficient (Wildman–Crippen LogP) is 11.5. The number of hydrogen-bond donors (Lipinski definition) is 4. The number of aromatic carboxylic acids is 1. The van der Waals surface area contributed by atoms with Gasteiger partial charge in [0.25, 0.3) is 11.1 Å². The van der Waals surface area contributed by atoms with Crippen molar-refractivity contribution in [3.63, 3.8) is 0 Å². The molecule has 9 heterocycles. The third-order valence-corrected chi connectivity index (χ3v) is 16.2. The zero-order valence-corrected chi connectivity index (χ0v) is 74.1. The second kappa shape index (κ2) is 51.2. The van der Waals surface area contributed by atoms with Crippen molar-refractivity contribution in [3.05, 3.63) is 263 Å². The van der Waals surface area contributed by atoms with E-state index < -0.39 is 32.4 Å². The van der Waals surface area contributed by atoms with Gasteiger partial charge in [0.05, 0.1) is 77.7 Å². The average molecular weight is 1840 g/mol. The third-order valence-electron chi connectivity index (χ3n) is 15.3. The first-order chi connectivity index (χ1) is 56.9. The van der Waals surface area contributed by atoms with Gasteiger partial charge in [-0.15, -0.1) is 40.8 Å². The van der Waals surface area contributed by atoms with Crippen LogP contribution in [0.25, 0.3) is 45.8 Å². The van der Waals surface area contributed by atoms with Crippen LogP contribution in [0, 0.1) is 3.57 Å². The summed E-state index contributed by atoms with van der Waals surface area (Å²) in [7, 11) is 14.6. The molecule has 35 nitrogen and oxygen atoms in total. The SMILES string of the molecule is CC(C)n1cnnc1-c1cccc(N)n1.CCOC(=O)c1cn(-c2ccccc2)nc1OC.CCOC(=O)c1cn[nH]c1OC.COc1nn(-c2ccccc2)cc1C(=O)Cl.COc1nn(-c2ccccc2)cc1C(=O)Nc1cccc(-c2nncn2C(C)C)n1.COc1nn(-c2ccccc2)cc1C(=O)O.Ic1ccccc1.O=S(Cl)Cl.[Na+].[OH-]. The number of para-hydroxylation sites is 4. The van der Waals surface area contributed by atoms with Crippen LogP contribution in [-0.2, 0) is 18.7 Å². The van der Waals surface area contributed by atoms with Gasteiger partial charge < -0.3 is 63.9 Å². The maximum Gasteiger partial charge on any atom is 1.00 e. The maximum absolute atomic E-state index is 12.9. The van der Waals surface area contributed by atoms with Crippen LogP contribution in [0.15, 0.2) is 232 Å². The number of carboxylic acid groups (broad SMARTS) is 1. The number of nitrogens with zero attached hydrogens (tertiary/aromatic N) is 17. The Morgan fingerprint density at radius 1 is 0.508 bits per heavy atom. The van der Waals surface area contributed by atoms with Crippen LogP contribution in [0.3, 0.4) is 0 Å². The van der Waals surface area contributed by atoms with Crippen molar-refractivity contribution in [1.29, 1.82) is 0 Å². The first-order valence-electron chi connectivity index (χ1n) is 35.2. The Morgan fingerprint density at radius 3 is 1.22 bits per heavy atom. The molecular weight excluding hydrogens is 1760 g/mol. The van der Waals surface area contributed by atoms with Gasteiger partial charge in [-0.3, -0.25) is 9.59 Å². The number of nitrogens with two attached hydrogens (primary N) is 1. The van der Waals surface area contributed by atoms with Crippen molar-refractivity contribution in [2.45, 2.75) is 53.6 Å². The molecule has 1 amide bonds. The van der Waals surface area contributed by atoms with Crippen molar-refractivity contribution in [2.24, 2.45) is 0 Å². The van der Waals surface area contributed by atoms with Crippen molar-refractivity contribution in [3.8, 4) is 75.2 Å². The summed E-state index contributed by atoms with van der Waals surface area (Å²) in [5, 5.41) is 50.0. The van der Waals surface area contributed by atoms with Crippen molar-refractivity contribution >= 4 is 105 Å². The topological polar surface area (TPSA) is 442 Å². The molecule has 5 aromatic carbocycles. The molecule has 0 aliphatic carbocycles. The van der Waals surface area contributed by atoms with E-state index in [0.717, 1.165) is 34.3 Å². The monoisotopic (exact) mass is 1840 g/mol. The van der Waals surface area contributed by atoms with Crippen LogP contribution in [0.2, 0.25) is 0 Å². The molecular formula is C79H83Cl3IN20NaO15S. The minimum absolute atomic E-state index is 0. The smallest absolute Gasteiger partial charge is 0.870 e. The van der Waals surface area contributed by atoms with Crippen LogP contribution in [-0.4, -0.2) is 181 Å². The quantitative estimate of drug-likeness (QED) is 0.0225. The van der Waals surface area contributed by atoms with Gasteiger partial charge in [0.2, 0.25) is 38.6 Å². The number of methoxy groups -OCH3 is 5. The number of amides is 1. The molecule has 0 aliphatic heterocycles. The number of ether oxygens (including phenoxy) is 7. The molecule has 0 atom stereocenters. The number of benzene rings is 5. The first-order valence-corrected chi connectivity index (χ1v) is 39.5. The zero-order valence-electron chi connectivity index (χ0n) is 66.8. The number of carbonyl (C=O) groups is 5. The number of esters is 2. The van der Waals surface area contributed by atoms with Gasteiger partial charge >= 0.3 is 47.5 Å². The molecule has 14 rings (SSSR count). The summed E-state index contributed by atoms with van der Waals surface area (Å²) in [6, 6.07) is 59.2. The number of rotatable bonds is 21. The van der Waals surface area contributed by atoms with Crippen molar-refractivity contribution < 1.29 is 101 Å². The zero-order chi connectivity index (χ0) is 85.6. The van der Waals surface area contributed by atoms with Crippen molar-refractivity contribution in [2.75, 3.05) is 59.8 Å². The van der Waals surface area contributed by atoms with Crippen molar-refractivity contribution in [1.82, 2.24) is 88.8 Å². The van der Waals surface area contributed by atoms with Gasteiger partial charge in [-0.1, -0.05) is 103 Å². The maximum atomic E-state index is 12.9. The second-order valence-corrected chi connectivity index (χ2v) is 27.9. The molecule has 0 radical (unpaired) electrons. The van der Waals surface area contributed by atoms with E-state index in [1.54, 1.807) is 71.3 Å². The van der Waals surface area contributed by atoms with E-state index in [0.29, 0.717) is 65.0 Å². The predicted molar refractivity (Wildman–Crippen MR) is 455 cm³/mol.